The van der Waals surface area contributed by atoms with Crippen LogP contribution in [0.1, 0.15) is 70.8 Å². The van der Waals surface area contributed by atoms with Gasteiger partial charge in [-0.25, -0.2) is 0 Å². The summed E-state index contributed by atoms with van der Waals surface area (Å²) in [5.41, 5.74) is 3.05. The monoisotopic (exact) mass is 311 g/mol. The van der Waals surface area contributed by atoms with Crippen LogP contribution in [0.3, 0.4) is 0 Å². The van der Waals surface area contributed by atoms with Gasteiger partial charge >= 0.3 is 0 Å². The molecule has 2 nitrogen and oxygen atoms in total. The Balaban J connectivity index is 2.20. The van der Waals surface area contributed by atoms with Gasteiger partial charge in [0.15, 0.2) is 0 Å². The van der Waals surface area contributed by atoms with Crippen molar-refractivity contribution >= 4 is 17.0 Å². The van der Waals surface area contributed by atoms with Crippen LogP contribution in [-0.2, 0) is 0 Å². The molecule has 1 N–H and O–H groups in total. The highest BCUT2D eigenvalue weighted by Gasteiger charge is 2.07. The quantitative estimate of drug-likeness (QED) is 0.537. The molecule has 0 aliphatic heterocycles. The van der Waals surface area contributed by atoms with Crippen LogP contribution >= 0.6 is 0 Å². The van der Waals surface area contributed by atoms with E-state index in [-0.39, 0.29) is 0 Å². The number of aromatic nitrogens is 1. The zero-order chi connectivity index (χ0) is 16.5. The van der Waals surface area contributed by atoms with E-state index in [1.165, 1.54) is 44.1 Å². The summed E-state index contributed by atoms with van der Waals surface area (Å²) in [4.78, 5) is 4.32. The van der Waals surface area contributed by atoms with Gasteiger partial charge in [-0.05, 0) is 31.7 Å². The summed E-state index contributed by atoms with van der Waals surface area (Å²) < 4.78 is 0. The van der Waals surface area contributed by atoms with Crippen LogP contribution < -0.4 is 0 Å². The number of phenolic OH excluding ortho intramolecular Hbond substituents is 1. The molecule has 0 unspecified atom stereocenters. The fourth-order valence-electron chi connectivity index (χ4n) is 2.93. The SMILES string of the molecule is CCCCCCC(=Cc1ccc2cccnc2c1O)CCCC. The van der Waals surface area contributed by atoms with Gasteiger partial charge in [-0.2, -0.15) is 0 Å². The second-order valence-electron chi connectivity index (χ2n) is 6.30. The molecule has 0 aliphatic rings. The number of fused-ring (bicyclic) bond motifs is 1. The highest BCUT2D eigenvalue weighted by Crippen LogP contribution is 2.30. The number of hydrogen-bond acceptors (Lipinski definition) is 2. The molecule has 23 heavy (non-hydrogen) atoms. The fraction of sp³-hybridized carbons (Fsp3) is 0.476. The third-order valence-corrected chi connectivity index (χ3v) is 4.34. The van der Waals surface area contributed by atoms with Crippen molar-refractivity contribution in [2.75, 3.05) is 0 Å². The maximum atomic E-state index is 10.5. The number of nitrogens with zero attached hydrogens (tertiary/aromatic N) is 1. The first-order valence-corrected chi connectivity index (χ1v) is 9.02. The van der Waals surface area contributed by atoms with Crippen molar-refractivity contribution in [1.29, 1.82) is 0 Å². The summed E-state index contributed by atoms with van der Waals surface area (Å²) in [6.07, 6.45) is 13.7. The third-order valence-electron chi connectivity index (χ3n) is 4.34. The smallest absolute Gasteiger partial charge is 0.149 e. The maximum absolute atomic E-state index is 10.5. The molecule has 0 aliphatic carbocycles. The van der Waals surface area contributed by atoms with Crippen molar-refractivity contribution in [3.8, 4) is 5.75 Å². The van der Waals surface area contributed by atoms with Gasteiger partial charge in [-0.3, -0.25) is 4.98 Å². The minimum atomic E-state index is 0.311. The molecule has 0 bridgehead atoms. The van der Waals surface area contributed by atoms with E-state index in [0.29, 0.717) is 11.3 Å². The highest BCUT2D eigenvalue weighted by atomic mass is 16.3. The lowest BCUT2D eigenvalue weighted by Gasteiger charge is -2.09. The van der Waals surface area contributed by atoms with E-state index in [4.69, 9.17) is 0 Å². The molecular formula is C21H29NO. The van der Waals surface area contributed by atoms with Crippen molar-refractivity contribution in [2.24, 2.45) is 0 Å². The summed E-state index contributed by atoms with van der Waals surface area (Å²) in [6.45, 7) is 4.47. The summed E-state index contributed by atoms with van der Waals surface area (Å²) in [5, 5.41) is 11.5. The first kappa shape index (κ1) is 17.5. The first-order chi connectivity index (χ1) is 11.3. The standard InChI is InChI=1S/C21H29NO/c1-3-5-7-8-11-17(10-6-4-2)16-19-14-13-18-12-9-15-22-20(18)21(19)23/h9,12-16,23H,3-8,10-11H2,1-2H3. The number of aromatic hydroxyl groups is 1. The van der Waals surface area contributed by atoms with E-state index in [0.717, 1.165) is 23.8 Å². The Morgan fingerprint density at radius 1 is 1.00 bits per heavy atom. The Hall–Kier alpha value is -1.83. The average Bonchev–Trinajstić information content (AvgIpc) is 2.58. The largest absolute Gasteiger partial charge is 0.505 e. The number of phenols is 1. The Kier molecular flexibility index (Phi) is 7.12. The molecule has 2 aromatic rings. The number of pyridine rings is 1. The number of rotatable bonds is 9. The topological polar surface area (TPSA) is 33.1 Å². The van der Waals surface area contributed by atoms with Gasteiger partial charge in [0.2, 0.25) is 0 Å². The molecule has 2 rings (SSSR count). The third kappa shape index (κ3) is 5.09. The van der Waals surface area contributed by atoms with E-state index in [1.807, 2.05) is 24.3 Å². The fourth-order valence-corrected chi connectivity index (χ4v) is 2.93. The molecule has 2 heteroatoms. The minimum Gasteiger partial charge on any atom is -0.505 e. The van der Waals surface area contributed by atoms with Crippen LogP contribution in [0.15, 0.2) is 36.0 Å². The normalized spacial score (nSPS) is 12.0. The van der Waals surface area contributed by atoms with Gasteiger partial charge in [0.25, 0.3) is 0 Å². The minimum absolute atomic E-state index is 0.311. The van der Waals surface area contributed by atoms with Crippen LogP contribution in [0.5, 0.6) is 5.75 Å². The van der Waals surface area contributed by atoms with E-state index in [1.54, 1.807) is 6.20 Å². The van der Waals surface area contributed by atoms with Gasteiger partial charge in [-0.15, -0.1) is 0 Å². The molecule has 1 aromatic carbocycles. The molecular weight excluding hydrogens is 282 g/mol. The Morgan fingerprint density at radius 2 is 1.78 bits per heavy atom. The Bertz CT molecular complexity index is 645. The van der Waals surface area contributed by atoms with Crippen LogP contribution in [-0.4, -0.2) is 10.1 Å². The summed E-state index contributed by atoms with van der Waals surface area (Å²) in [5.74, 6) is 0.311. The second kappa shape index (κ2) is 9.34. The number of unbranched alkanes of at least 4 members (excludes halogenated alkanes) is 4. The zero-order valence-electron chi connectivity index (χ0n) is 14.5. The molecule has 0 saturated heterocycles. The number of allylic oxidation sites excluding steroid dienone is 1. The lowest BCUT2D eigenvalue weighted by Crippen LogP contribution is -1.88. The van der Waals surface area contributed by atoms with Crippen LogP contribution in [0.25, 0.3) is 17.0 Å². The van der Waals surface area contributed by atoms with E-state index >= 15 is 0 Å². The molecule has 0 fully saturated rings. The first-order valence-electron chi connectivity index (χ1n) is 9.02. The maximum Gasteiger partial charge on any atom is 0.149 e. The van der Waals surface area contributed by atoms with Crippen molar-refractivity contribution in [3.63, 3.8) is 0 Å². The molecule has 124 valence electrons. The lowest BCUT2D eigenvalue weighted by molar-refractivity contribution is 0.479. The van der Waals surface area contributed by atoms with Crippen molar-refractivity contribution < 1.29 is 5.11 Å². The van der Waals surface area contributed by atoms with Crippen molar-refractivity contribution in [1.82, 2.24) is 4.98 Å². The molecule has 0 amide bonds. The Labute approximate surface area is 140 Å². The second-order valence-corrected chi connectivity index (χ2v) is 6.30. The van der Waals surface area contributed by atoms with Crippen LogP contribution in [0.4, 0.5) is 0 Å². The van der Waals surface area contributed by atoms with Gasteiger partial charge in [-0.1, -0.05) is 69.4 Å². The average molecular weight is 311 g/mol. The molecule has 1 aromatic heterocycles. The molecule has 0 saturated carbocycles. The van der Waals surface area contributed by atoms with Gasteiger partial charge in [0.1, 0.15) is 11.3 Å². The highest BCUT2D eigenvalue weighted by molar-refractivity contribution is 5.88. The van der Waals surface area contributed by atoms with Gasteiger partial charge in [0.05, 0.1) is 0 Å². The molecule has 0 spiro atoms. The summed E-state index contributed by atoms with van der Waals surface area (Å²) in [7, 11) is 0. The predicted molar refractivity (Wildman–Crippen MR) is 99.7 cm³/mol. The predicted octanol–water partition coefficient (Wildman–Crippen LogP) is 6.48. The number of hydrogen-bond donors (Lipinski definition) is 1. The van der Waals surface area contributed by atoms with Crippen LogP contribution in [0.2, 0.25) is 0 Å². The molecule has 0 radical (unpaired) electrons. The van der Waals surface area contributed by atoms with Gasteiger partial charge in [0, 0.05) is 17.1 Å². The van der Waals surface area contributed by atoms with Crippen molar-refractivity contribution in [2.45, 2.75) is 65.2 Å². The number of benzene rings is 1. The summed E-state index contributed by atoms with van der Waals surface area (Å²) in [6, 6.07) is 7.94. The van der Waals surface area contributed by atoms with Gasteiger partial charge < -0.3 is 5.11 Å². The lowest BCUT2D eigenvalue weighted by atomic mass is 9.98. The summed E-state index contributed by atoms with van der Waals surface area (Å²) >= 11 is 0. The van der Waals surface area contributed by atoms with Crippen molar-refractivity contribution in [3.05, 3.63) is 41.6 Å². The van der Waals surface area contributed by atoms with E-state index in [9.17, 15) is 5.11 Å². The Morgan fingerprint density at radius 3 is 2.57 bits per heavy atom. The van der Waals surface area contributed by atoms with E-state index in [2.05, 4.69) is 24.9 Å². The van der Waals surface area contributed by atoms with Crippen LogP contribution in [0, 0.1) is 0 Å². The molecule has 0 atom stereocenters. The van der Waals surface area contributed by atoms with E-state index < -0.39 is 0 Å². The molecule has 1 heterocycles. The zero-order valence-corrected chi connectivity index (χ0v) is 14.5.